The van der Waals surface area contributed by atoms with Crippen LogP contribution in [-0.2, 0) is 0 Å². The minimum atomic E-state index is 0.424. The Morgan fingerprint density at radius 1 is 1.36 bits per heavy atom. The van der Waals surface area contributed by atoms with E-state index < -0.39 is 0 Å². The zero-order valence-corrected chi connectivity index (χ0v) is 9.63. The van der Waals surface area contributed by atoms with Gasteiger partial charge in [0.2, 0.25) is 0 Å². The van der Waals surface area contributed by atoms with E-state index in [2.05, 4.69) is 18.7 Å². The molecular formula is C12H24N2. The van der Waals surface area contributed by atoms with Crippen LogP contribution in [0.1, 0.15) is 46.0 Å². The first-order valence-corrected chi connectivity index (χ1v) is 6.17. The molecule has 82 valence electrons. The minimum Gasteiger partial charge on any atom is -0.327 e. The molecule has 14 heavy (non-hydrogen) atoms. The number of nitrogens with two attached hydrogens (primary N) is 1. The van der Waals surface area contributed by atoms with E-state index in [-0.39, 0.29) is 0 Å². The number of hydrogen-bond donors (Lipinski definition) is 1. The van der Waals surface area contributed by atoms with Gasteiger partial charge < -0.3 is 5.73 Å². The molecular weight excluding hydrogens is 172 g/mol. The van der Waals surface area contributed by atoms with Crippen molar-refractivity contribution in [1.29, 1.82) is 0 Å². The van der Waals surface area contributed by atoms with Crippen LogP contribution in [0, 0.1) is 5.92 Å². The highest BCUT2D eigenvalue weighted by Crippen LogP contribution is 2.45. The van der Waals surface area contributed by atoms with Crippen molar-refractivity contribution in [2.45, 2.75) is 57.5 Å². The third-order valence-electron chi connectivity index (χ3n) is 4.35. The zero-order valence-electron chi connectivity index (χ0n) is 9.63. The fourth-order valence-corrected chi connectivity index (χ4v) is 2.95. The van der Waals surface area contributed by atoms with Gasteiger partial charge in [-0.3, -0.25) is 4.90 Å². The summed E-state index contributed by atoms with van der Waals surface area (Å²) in [7, 11) is 0. The van der Waals surface area contributed by atoms with E-state index in [4.69, 9.17) is 5.73 Å². The van der Waals surface area contributed by atoms with Crippen molar-refractivity contribution >= 4 is 0 Å². The molecule has 1 aliphatic heterocycles. The zero-order chi connectivity index (χ0) is 10.2. The number of hydrogen-bond acceptors (Lipinski definition) is 2. The Balaban J connectivity index is 2.02. The maximum Gasteiger partial charge on any atom is 0.0207 e. The Kier molecular flexibility index (Phi) is 2.85. The molecule has 0 bridgehead atoms. The maximum absolute atomic E-state index is 6.06. The molecule has 0 spiro atoms. The lowest BCUT2D eigenvalue weighted by Gasteiger charge is -2.45. The second-order valence-electron chi connectivity index (χ2n) is 5.33. The lowest BCUT2D eigenvalue weighted by molar-refractivity contribution is 0.0506. The minimum absolute atomic E-state index is 0.424. The van der Waals surface area contributed by atoms with E-state index in [0.29, 0.717) is 11.6 Å². The highest BCUT2D eigenvalue weighted by molar-refractivity contribution is 5.00. The van der Waals surface area contributed by atoms with Crippen LogP contribution in [-0.4, -0.2) is 29.6 Å². The van der Waals surface area contributed by atoms with Gasteiger partial charge >= 0.3 is 0 Å². The number of rotatable bonds is 3. The molecule has 1 aliphatic carbocycles. The Bertz CT molecular complexity index is 200. The van der Waals surface area contributed by atoms with E-state index in [1.165, 1.54) is 38.6 Å². The number of likely N-dealkylation sites (tertiary alicyclic amines) is 1. The molecule has 2 nitrogen and oxygen atoms in total. The molecule has 0 aromatic heterocycles. The lowest BCUT2D eigenvalue weighted by Crippen LogP contribution is -2.55. The molecule has 0 amide bonds. The monoisotopic (exact) mass is 196 g/mol. The van der Waals surface area contributed by atoms with Crippen LogP contribution >= 0.6 is 0 Å². The molecule has 2 rings (SSSR count). The first-order chi connectivity index (χ1) is 6.66. The second kappa shape index (κ2) is 3.82. The predicted molar refractivity (Wildman–Crippen MR) is 60.2 cm³/mol. The van der Waals surface area contributed by atoms with Crippen molar-refractivity contribution in [3.8, 4) is 0 Å². The van der Waals surface area contributed by atoms with Crippen LogP contribution in [0.25, 0.3) is 0 Å². The predicted octanol–water partition coefficient (Wildman–Crippen LogP) is 1.99. The van der Waals surface area contributed by atoms with Gasteiger partial charge in [0.25, 0.3) is 0 Å². The third kappa shape index (κ3) is 1.82. The number of piperidine rings is 1. The third-order valence-corrected chi connectivity index (χ3v) is 4.35. The van der Waals surface area contributed by atoms with Gasteiger partial charge in [0.15, 0.2) is 0 Å². The van der Waals surface area contributed by atoms with E-state index >= 15 is 0 Å². The SMILES string of the molecule is CCC(C)(C1CC1)N1CCCC(N)C1. The smallest absolute Gasteiger partial charge is 0.0207 e. The Labute approximate surface area is 87.8 Å². The molecule has 2 N–H and O–H groups in total. The fraction of sp³-hybridized carbons (Fsp3) is 1.00. The average Bonchev–Trinajstić information content (AvgIpc) is 3.00. The summed E-state index contributed by atoms with van der Waals surface area (Å²) in [6.45, 7) is 7.18. The molecule has 1 saturated heterocycles. The normalized spacial score (nSPS) is 34.1. The summed E-state index contributed by atoms with van der Waals surface area (Å²) in [6.07, 6.45) is 6.68. The molecule has 0 aromatic carbocycles. The van der Waals surface area contributed by atoms with E-state index in [9.17, 15) is 0 Å². The van der Waals surface area contributed by atoms with Crippen molar-refractivity contribution in [2.24, 2.45) is 11.7 Å². The standard InChI is InChI=1S/C12H24N2/c1-3-12(2,10-6-7-10)14-8-4-5-11(13)9-14/h10-11H,3-9,13H2,1-2H3. The number of nitrogens with zero attached hydrogens (tertiary/aromatic N) is 1. The van der Waals surface area contributed by atoms with Crippen LogP contribution in [0.4, 0.5) is 0 Å². The molecule has 2 unspecified atom stereocenters. The van der Waals surface area contributed by atoms with Gasteiger partial charge in [-0.05, 0) is 51.5 Å². The summed E-state index contributed by atoms with van der Waals surface area (Å²) < 4.78 is 0. The van der Waals surface area contributed by atoms with E-state index in [0.717, 1.165) is 12.5 Å². The molecule has 2 aliphatic rings. The van der Waals surface area contributed by atoms with Crippen molar-refractivity contribution in [3.63, 3.8) is 0 Å². The lowest BCUT2D eigenvalue weighted by atomic mass is 9.87. The Hall–Kier alpha value is -0.0800. The Morgan fingerprint density at radius 3 is 2.57 bits per heavy atom. The van der Waals surface area contributed by atoms with Crippen LogP contribution in [0.2, 0.25) is 0 Å². The molecule has 0 aromatic rings. The van der Waals surface area contributed by atoms with Gasteiger partial charge in [0.05, 0.1) is 0 Å². The first-order valence-electron chi connectivity index (χ1n) is 6.17. The molecule has 1 heterocycles. The molecule has 0 radical (unpaired) electrons. The van der Waals surface area contributed by atoms with Crippen LogP contribution in [0.15, 0.2) is 0 Å². The maximum atomic E-state index is 6.06. The van der Waals surface area contributed by atoms with Crippen LogP contribution in [0.5, 0.6) is 0 Å². The van der Waals surface area contributed by atoms with Gasteiger partial charge in [-0.2, -0.15) is 0 Å². The van der Waals surface area contributed by atoms with Gasteiger partial charge in [0, 0.05) is 18.1 Å². The average molecular weight is 196 g/mol. The molecule has 2 heteroatoms. The molecule has 2 atom stereocenters. The fourth-order valence-electron chi connectivity index (χ4n) is 2.95. The van der Waals surface area contributed by atoms with Crippen molar-refractivity contribution in [2.75, 3.05) is 13.1 Å². The van der Waals surface area contributed by atoms with E-state index in [1.54, 1.807) is 0 Å². The highest BCUT2D eigenvalue weighted by atomic mass is 15.2. The van der Waals surface area contributed by atoms with Gasteiger partial charge in [-0.1, -0.05) is 6.92 Å². The quantitative estimate of drug-likeness (QED) is 0.748. The van der Waals surface area contributed by atoms with Crippen molar-refractivity contribution < 1.29 is 0 Å². The summed E-state index contributed by atoms with van der Waals surface area (Å²) >= 11 is 0. The second-order valence-corrected chi connectivity index (χ2v) is 5.33. The molecule has 2 fully saturated rings. The van der Waals surface area contributed by atoms with Gasteiger partial charge in [-0.25, -0.2) is 0 Å². The van der Waals surface area contributed by atoms with Crippen molar-refractivity contribution in [1.82, 2.24) is 4.90 Å². The summed E-state index contributed by atoms with van der Waals surface area (Å²) in [5.41, 5.74) is 6.51. The topological polar surface area (TPSA) is 29.3 Å². The highest BCUT2D eigenvalue weighted by Gasteiger charge is 2.44. The summed E-state index contributed by atoms with van der Waals surface area (Å²) in [5.74, 6) is 0.956. The van der Waals surface area contributed by atoms with E-state index in [1.807, 2.05) is 0 Å². The largest absolute Gasteiger partial charge is 0.327 e. The van der Waals surface area contributed by atoms with Crippen LogP contribution in [0.3, 0.4) is 0 Å². The molecule has 1 saturated carbocycles. The van der Waals surface area contributed by atoms with Gasteiger partial charge in [0.1, 0.15) is 0 Å². The van der Waals surface area contributed by atoms with Crippen LogP contribution < -0.4 is 5.73 Å². The summed E-state index contributed by atoms with van der Waals surface area (Å²) in [5, 5.41) is 0. The summed E-state index contributed by atoms with van der Waals surface area (Å²) in [6, 6.07) is 0.424. The van der Waals surface area contributed by atoms with Crippen molar-refractivity contribution in [3.05, 3.63) is 0 Å². The Morgan fingerprint density at radius 2 is 2.07 bits per heavy atom. The van der Waals surface area contributed by atoms with Gasteiger partial charge in [-0.15, -0.1) is 0 Å². The first kappa shape index (κ1) is 10.4. The summed E-state index contributed by atoms with van der Waals surface area (Å²) in [4.78, 5) is 2.67.